The molecule has 0 bridgehead atoms. The van der Waals surface area contributed by atoms with Gasteiger partial charge in [0.05, 0.1) is 4.87 Å². The third kappa shape index (κ3) is 5.29. The first kappa shape index (κ1) is 30.0. The number of esters is 1. The van der Waals surface area contributed by atoms with Gasteiger partial charge in [0.2, 0.25) is 0 Å². The summed E-state index contributed by atoms with van der Waals surface area (Å²) in [5.74, 6) is 3.92. The lowest BCUT2D eigenvalue weighted by atomic mass is 9.44. The number of carbonyl (C=O) groups excluding carboxylic acids is 1. The summed E-state index contributed by atoms with van der Waals surface area (Å²) in [6, 6.07) is 21.9. The molecule has 4 fully saturated rings. The maximum atomic E-state index is 11.7. The van der Waals surface area contributed by atoms with Gasteiger partial charge in [0.15, 0.2) is 0 Å². The highest BCUT2D eigenvalue weighted by Gasteiger charge is 2.64. The molecule has 0 heterocycles. The molecule has 4 aliphatic carbocycles. The molecule has 2 aromatic rings. The Kier molecular flexibility index (Phi) is 8.42. The monoisotopic (exact) mass is 586 g/mol. The molecule has 4 aliphatic rings. The standard InChI is InChI=1S/C39H51ClO2/c1-27(12-11-17-32(29-13-7-5-8-14-29)30-15-9-6-10-16-30)34-18-19-35-33-21-25-39(40)26-31(42-28(2)41)20-24-38(39,4)36(33)22-23-37(34,35)3/h5-11,13-17,27,31-36H,12,18-26H2,1-4H3/b17-11+/t27?,31?,33-,34?,35-,36-,37+,38+,39+/m0/s1. The van der Waals surface area contributed by atoms with Crippen LogP contribution in [-0.2, 0) is 9.53 Å². The second kappa shape index (κ2) is 11.8. The van der Waals surface area contributed by atoms with Crippen molar-refractivity contribution in [2.75, 3.05) is 0 Å². The Morgan fingerprint density at radius 1 is 0.905 bits per heavy atom. The molecule has 0 N–H and O–H groups in total. The van der Waals surface area contributed by atoms with Gasteiger partial charge >= 0.3 is 5.97 Å². The number of allylic oxidation sites excluding steroid dienone is 2. The predicted molar refractivity (Wildman–Crippen MR) is 174 cm³/mol. The second-order valence-electron chi connectivity index (χ2n) is 14.9. The van der Waals surface area contributed by atoms with E-state index in [1.165, 1.54) is 50.2 Å². The Morgan fingerprint density at radius 3 is 2.21 bits per heavy atom. The molecule has 3 unspecified atom stereocenters. The molecule has 4 saturated carbocycles. The zero-order valence-electron chi connectivity index (χ0n) is 26.2. The van der Waals surface area contributed by atoms with E-state index in [4.69, 9.17) is 16.3 Å². The molecule has 0 radical (unpaired) electrons. The summed E-state index contributed by atoms with van der Waals surface area (Å²) in [6.45, 7) is 9.22. The molecule has 0 amide bonds. The molecule has 42 heavy (non-hydrogen) atoms. The van der Waals surface area contributed by atoms with Crippen LogP contribution in [0.1, 0.15) is 109 Å². The molecular weight excluding hydrogens is 536 g/mol. The van der Waals surface area contributed by atoms with Crippen LogP contribution in [0.4, 0.5) is 0 Å². The summed E-state index contributed by atoms with van der Waals surface area (Å²) in [5.41, 5.74) is 3.31. The number of hydrogen-bond acceptors (Lipinski definition) is 2. The van der Waals surface area contributed by atoms with Crippen LogP contribution in [-0.4, -0.2) is 16.9 Å². The van der Waals surface area contributed by atoms with Crippen molar-refractivity contribution in [2.24, 2.45) is 40.4 Å². The number of alkyl halides is 1. The normalized spacial score (nSPS) is 38.5. The molecule has 226 valence electrons. The lowest BCUT2D eigenvalue weighted by Gasteiger charge is -2.64. The van der Waals surface area contributed by atoms with Crippen LogP contribution >= 0.6 is 11.6 Å². The van der Waals surface area contributed by atoms with Crippen molar-refractivity contribution in [1.82, 2.24) is 0 Å². The van der Waals surface area contributed by atoms with Gasteiger partial charge in [-0.1, -0.05) is 93.6 Å². The molecule has 9 atom stereocenters. The van der Waals surface area contributed by atoms with Crippen molar-refractivity contribution in [2.45, 2.75) is 109 Å². The van der Waals surface area contributed by atoms with E-state index in [1.54, 1.807) is 0 Å². The summed E-state index contributed by atoms with van der Waals surface area (Å²) in [6.07, 6.45) is 16.7. The van der Waals surface area contributed by atoms with Gasteiger partial charge in [0.1, 0.15) is 6.10 Å². The van der Waals surface area contributed by atoms with Crippen molar-refractivity contribution >= 4 is 17.6 Å². The number of hydrogen-bond donors (Lipinski definition) is 0. The summed E-state index contributed by atoms with van der Waals surface area (Å²) < 4.78 is 5.68. The van der Waals surface area contributed by atoms with Crippen LogP contribution in [0, 0.1) is 40.4 Å². The van der Waals surface area contributed by atoms with Gasteiger partial charge < -0.3 is 4.74 Å². The van der Waals surface area contributed by atoms with Crippen molar-refractivity contribution in [3.05, 3.63) is 83.9 Å². The molecule has 0 spiro atoms. The third-order valence-corrected chi connectivity index (χ3v) is 13.7. The van der Waals surface area contributed by atoms with Gasteiger partial charge in [0, 0.05) is 19.3 Å². The minimum absolute atomic E-state index is 0.00775. The highest BCUT2D eigenvalue weighted by atomic mass is 35.5. The van der Waals surface area contributed by atoms with E-state index in [9.17, 15) is 4.79 Å². The van der Waals surface area contributed by atoms with E-state index in [1.807, 2.05) is 0 Å². The quantitative estimate of drug-likeness (QED) is 0.183. The topological polar surface area (TPSA) is 26.3 Å². The SMILES string of the molecule is CC(=O)OC1CC[C@]2(C)[C@H]3CC[C@]4(C)C(C(C)C/C=C/C(c5ccccc5)c5ccccc5)CC[C@H]4[C@@H]3CC[C@@]2(Cl)C1. The molecule has 3 heteroatoms. The van der Waals surface area contributed by atoms with Crippen LogP contribution in [0.15, 0.2) is 72.8 Å². The van der Waals surface area contributed by atoms with Crippen molar-refractivity contribution in [3.8, 4) is 0 Å². The summed E-state index contributed by atoms with van der Waals surface area (Å²) in [4.78, 5) is 11.5. The van der Waals surface area contributed by atoms with Crippen LogP contribution < -0.4 is 0 Å². The van der Waals surface area contributed by atoms with Gasteiger partial charge in [-0.2, -0.15) is 0 Å². The fourth-order valence-corrected chi connectivity index (χ4v) is 11.3. The minimum Gasteiger partial charge on any atom is -0.462 e. The lowest BCUT2D eigenvalue weighted by molar-refractivity contribution is -0.157. The lowest BCUT2D eigenvalue weighted by Crippen LogP contribution is -2.60. The highest BCUT2D eigenvalue weighted by Crippen LogP contribution is 2.70. The third-order valence-electron chi connectivity index (χ3n) is 12.9. The number of rotatable bonds is 7. The molecule has 0 saturated heterocycles. The maximum absolute atomic E-state index is 11.7. The van der Waals surface area contributed by atoms with E-state index >= 15 is 0 Å². The van der Waals surface area contributed by atoms with E-state index in [0.29, 0.717) is 23.2 Å². The first-order valence-corrected chi connectivity index (χ1v) is 17.1. The average molecular weight is 587 g/mol. The van der Waals surface area contributed by atoms with Gasteiger partial charge in [-0.25, -0.2) is 0 Å². The fraction of sp³-hybridized carbons (Fsp3) is 0.615. The molecule has 6 rings (SSSR count). The number of fused-ring (bicyclic) bond motifs is 5. The Bertz CT molecular complexity index is 1220. The summed E-state index contributed by atoms with van der Waals surface area (Å²) in [7, 11) is 0. The van der Waals surface area contributed by atoms with Gasteiger partial charge in [0.25, 0.3) is 0 Å². The number of halogens is 1. The number of benzene rings is 2. The zero-order chi connectivity index (χ0) is 29.5. The summed E-state index contributed by atoms with van der Waals surface area (Å²) in [5, 5.41) is 0. The molecule has 0 aliphatic heterocycles. The first-order chi connectivity index (χ1) is 20.1. The first-order valence-electron chi connectivity index (χ1n) is 16.8. The largest absolute Gasteiger partial charge is 0.462 e. The molecule has 2 nitrogen and oxygen atoms in total. The number of ether oxygens (including phenoxy) is 1. The van der Waals surface area contributed by atoms with E-state index in [0.717, 1.165) is 49.9 Å². The molecule has 2 aromatic carbocycles. The van der Waals surface area contributed by atoms with E-state index in [2.05, 4.69) is 93.6 Å². The van der Waals surface area contributed by atoms with Crippen molar-refractivity contribution < 1.29 is 9.53 Å². The smallest absolute Gasteiger partial charge is 0.302 e. The summed E-state index contributed by atoms with van der Waals surface area (Å²) >= 11 is 7.55. The molecule has 0 aromatic heterocycles. The average Bonchev–Trinajstić information content (AvgIpc) is 3.34. The van der Waals surface area contributed by atoms with Crippen LogP contribution in [0.25, 0.3) is 0 Å². The van der Waals surface area contributed by atoms with Crippen LogP contribution in [0.3, 0.4) is 0 Å². The van der Waals surface area contributed by atoms with Crippen molar-refractivity contribution in [1.29, 1.82) is 0 Å². The number of carbonyl (C=O) groups is 1. The van der Waals surface area contributed by atoms with E-state index in [-0.39, 0.29) is 22.4 Å². The van der Waals surface area contributed by atoms with Gasteiger partial charge in [-0.05, 0) is 109 Å². The predicted octanol–water partition coefficient (Wildman–Crippen LogP) is 10.4. The van der Waals surface area contributed by atoms with Gasteiger partial charge in [-0.3, -0.25) is 4.79 Å². The van der Waals surface area contributed by atoms with E-state index < -0.39 is 0 Å². The molecular formula is C39H51ClO2. The maximum Gasteiger partial charge on any atom is 0.302 e. The second-order valence-corrected chi connectivity index (χ2v) is 15.7. The Balaban J connectivity index is 1.15. The van der Waals surface area contributed by atoms with Crippen LogP contribution in [0.2, 0.25) is 0 Å². The Hall–Kier alpha value is -2.06. The van der Waals surface area contributed by atoms with Gasteiger partial charge in [-0.15, -0.1) is 11.6 Å². The van der Waals surface area contributed by atoms with Crippen LogP contribution in [0.5, 0.6) is 0 Å². The minimum atomic E-state index is -0.232. The highest BCUT2D eigenvalue weighted by molar-refractivity contribution is 6.24. The fourth-order valence-electron chi connectivity index (χ4n) is 10.8. The van der Waals surface area contributed by atoms with Crippen molar-refractivity contribution in [3.63, 3.8) is 0 Å². The Morgan fingerprint density at radius 2 is 1.57 bits per heavy atom. The Labute approximate surface area is 259 Å². The zero-order valence-corrected chi connectivity index (χ0v) is 27.0.